The highest BCUT2D eigenvalue weighted by Crippen LogP contribution is 2.36. The van der Waals surface area contributed by atoms with E-state index in [2.05, 4.69) is 78.9 Å². The second-order valence-corrected chi connectivity index (χ2v) is 8.04. The summed E-state index contributed by atoms with van der Waals surface area (Å²) in [5, 5.41) is 7.66. The molecule has 0 unspecified atom stereocenters. The van der Waals surface area contributed by atoms with Gasteiger partial charge in [-0.3, -0.25) is 0 Å². The number of anilines is 1. The zero-order valence-electron chi connectivity index (χ0n) is 17.5. The number of rotatable bonds is 3. The summed E-state index contributed by atoms with van der Waals surface area (Å²) in [6, 6.07) is 39.8. The van der Waals surface area contributed by atoms with E-state index < -0.39 is 0 Å². The number of nitrogens with two attached hydrogens (primary N) is 1. The van der Waals surface area contributed by atoms with Crippen LogP contribution in [-0.4, -0.2) is 0 Å². The van der Waals surface area contributed by atoms with Gasteiger partial charge < -0.3 is 10.5 Å². The maximum Gasteiger partial charge on any atom is 0.127 e. The van der Waals surface area contributed by atoms with Gasteiger partial charge in [-0.15, -0.1) is 0 Å². The molecule has 0 aliphatic carbocycles. The van der Waals surface area contributed by atoms with E-state index in [-0.39, 0.29) is 0 Å². The predicted molar refractivity (Wildman–Crippen MR) is 135 cm³/mol. The molecule has 0 fully saturated rings. The van der Waals surface area contributed by atoms with E-state index in [9.17, 15) is 0 Å². The summed E-state index contributed by atoms with van der Waals surface area (Å²) in [6.07, 6.45) is 0. The van der Waals surface area contributed by atoms with E-state index in [1.807, 2.05) is 36.4 Å². The number of fused-ring (bicyclic) bond motifs is 5. The molecule has 2 N–H and O–H groups in total. The first kappa shape index (κ1) is 18.5. The van der Waals surface area contributed by atoms with Crippen molar-refractivity contribution in [2.24, 2.45) is 0 Å². The Morgan fingerprint density at radius 2 is 1.03 bits per heavy atom. The van der Waals surface area contributed by atoms with E-state index in [1.54, 1.807) is 0 Å². The Balaban J connectivity index is 1.42. The average molecular weight is 412 g/mol. The quantitative estimate of drug-likeness (QED) is 0.235. The van der Waals surface area contributed by atoms with Gasteiger partial charge in [0.15, 0.2) is 0 Å². The first-order valence-corrected chi connectivity index (χ1v) is 10.7. The van der Waals surface area contributed by atoms with Gasteiger partial charge in [0.05, 0.1) is 0 Å². The molecule has 0 aromatic heterocycles. The Hall–Kier alpha value is -4.30. The van der Waals surface area contributed by atoms with Crippen LogP contribution in [0.5, 0.6) is 11.5 Å². The van der Waals surface area contributed by atoms with E-state index in [4.69, 9.17) is 10.5 Å². The Morgan fingerprint density at radius 3 is 1.84 bits per heavy atom. The Morgan fingerprint density at radius 1 is 0.438 bits per heavy atom. The van der Waals surface area contributed by atoms with Crippen molar-refractivity contribution in [1.82, 2.24) is 0 Å². The van der Waals surface area contributed by atoms with Gasteiger partial charge >= 0.3 is 0 Å². The fourth-order valence-corrected chi connectivity index (χ4v) is 4.48. The summed E-state index contributed by atoms with van der Waals surface area (Å²) < 4.78 is 5.95. The van der Waals surface area contributed by atoms with E-state index in [1.165, 1.54) is 43.4 Å². The molecular weight excluding hydrogens is 390 g/mol. The second kappa shape index (κ2) is 7.44. The first-order valence-electron chi connectivity index (χ1n) is 10.7. The van der Waals surface area contributed by atoms with Crippen molar-refractivity contribution < 1.29 is 4.74 Å². The smallest absolute Gasteiger partial charge is 0.127 e. The van der Waals surface area contributed by atoms with Crippen molar-refractivity contribution in [1.29, 1.82) is 0 Å². The van der Waals surface area contributed by atoms with Crippen molar-refractivity contribution in [3.63, 3.8) is 0 Å². The standard InChI is InChI=1S/C30H21NO/c31-22-11-15-24(16-12-22)32-23-13-8-21(9-14-23)26-6-3-7-27-28(26)18-19-29-25-5-2-1-4-20(25)10-17-30(27)29/h1-19H,31H2. The lowest BCUT2D eigenvalue weighted by Gasteiger charge is -2.12. The van der Waals surface area contributed by atoms with E-state index >= 15 is 0 Å². The molecule has 0 aliphatic heterocycles. The summed E-state index contributed by atoms with van der Waals surface area (Å²) in [5.74, 6) is 1.58. The van der Waals surface area contributed by atoms with Gasteiger partial charge in [0.1, 0.15) is 11.5 Å². The van der Waals surface area contributed by atoms with Crippen molar-refractivity contribution in [2.45, 2.75) is 0 Å². The van der Waals surface area contributed by atoms with Gasteiger partial charge in [0.2, 0.25) is 0 Å². The monoisotopic (exact) mass is 411 g/mol. The molecule has 0 heterocycles. The van der Waals surface area contributed by atoms with Gasteiger partial charge in [0, 0.05) is 5.69 Å². The Labute approximate surface area is 186 Å². The second-order valence-electron chi connectivity index (χ2n) is 8.04. The maximum absolute atomic E-state index is 5.95. The molecule has 2 heteroatoms. The largest absolute Gasteiger partial charge is 0.457 e. The van der Waals surface area contributed by atoms with Gasteiger partial charge in [-0.1, -0.05) is 78.9 Å². The summed E-state index contributed by atoms with van der Waals surface area (Å²) in [7, 11) is 0. The zero-order valence-corrected chi connectivity index (χ0v) is 17.5. The van der Waals surface area contributed by atoms with Crippen LogP contribution in [0.3, 0.4) is 0 Å². The van der Waals surface area contributed by atoms with Gasteiger partial charge in [0.25, 0.3) is 0 Å². The molecule has 0 amide bonds. The van der Waals surface area contributed by atoms with Gasteiger partial charge in [-0.05, 0) is 79.8 Å². The molecule has 32 heavy (non-hydrogen) atoms. The highest BCUT2D eigenvalue weighted by Gasteiger charge is 2.09. The molecule has 2 nitrogen and oxygen atoms in total. The van der Waals surface area contributed by atoms with Crippen LogP contribution in [-0.2, 0) is 0 Å². The van der Waals surface area contributed by atoms with Crippen LogP contribution in [0, 0.1) is 0 Å². The van der Waals surface area contributed by atoms with Crippen LogP contribution in [0.4, 0.5) is 5.69 Å². The minimum absolute atomic E-state index is 0.726. The third-order valence-electron chi connectivity index (χ3n) is 6.06. The summed E-state index contributed by atoms with van der Waals surface area (Å²) in [4.78, 5) is 0. The number of benzene rings is 6. The Kier molecular flexibility index (Phi) is 4.29. The SMILES string of the molecule is Nc1ccc(Oc2ccc(-c3cccc4c3ccc3c5ccccc5ccc43)cc2)cc1. The molecule has 6 aromatic carbocycles. The lowest BCUT2D eigenvalue weighted by Crippen LogP contribution is -1.87. The lowest BCUT2D eigenvalue weighted by molar-refractivity contribution is 0.483. The molecule has 0 radical (unpaired) electrons. The highest BCUT2D eigenvalue weighted by atomic mass is 16.5. The van der Waals surface area contributed by atoms with Crippen LogP contribution < -0.4 is 10.5 Å². The maximum atomic E-state index is 5.95. The first-order chi connectivity index (χ1) is 15.8. The summed E-state index contributed by atoms with van der Waals surface area (Å²) in [6.45, 7) is 0. The predicted octanol–water partition coefficient (Wildman–Crippen LogP) is 8.19. The average Bonchev–Trinajstić information content (AvgIpc) is 2.85. The van der Waals surface area contributed by atoms with Crippen LogP contribution in [0.25, 0.3) is 43.4 Å². The molecule has 6 aromatic rings. The van der Waals surface area contributed by atoms with E-state index in [0.717, 1.165) is 17.2 Å². The highest BCUT2D eigenvalue weighted by molar-refractivity contribution is 6.19. The van der Waals surface area contributed by atoms with Crippen molar-refractivity contribution in [3.8, 4) is 22.6 Å². The lowest BCUT2D eigenvalue weighted by atomic mass is 9.93. The molecule has 0 aliphatic rings. The van der Waals surface area contributed by atoms with Crippen molar-refractivity contribution in [3.05, 3.63) is 115 Å². The van der Waals surface area contributed by atoms with Crippen LogP contribution in [0.1, 0.15) is 0 Å². The molecule has 152 valence electrons. The number of hydrogen-bond acceptors (Lipinski definition) is 2. The molecule has 0 saturated carbocycles. The molecule has 0 bridgehead atoms. The third-order valence-corrected chi connectivity index (χ3v) is 6.06. The van der Waals surface area contributed by atoms with Crippen molar-refractivity contribution >= 4 is 38.0 Å². The summed E-state index contributed by atoms with van der Waals surface area (Å²) in [5.41, 5.74) is 8.87. The zero-order chi connectivity index (χ0) is 21.5. The van der Waals surface area contributed by atoms with Crippen molar-refractivity contribution in [2.75, 3.05) is 5.73 Å². The molecular formula is C30H21NO. The molecule has 0 atom stereocenters. The number of ether oxygens (including phenoxy) is 1. The van der Waals surface area contributed by atoms with Crippen LogP contribution in [0.2, 0.25) is 0 Å². The topological polar surface area (TPSA) is 35.2 Å². The van der Waals surface area contributed by atoms with Crippen LogP contribution in [0.15, 0.2) is 115 Å². The normalized spacial score (nSPS) is 11.2. The third kappa shape index (κ3) is 3.14. The Bertz CT molecular complexity index is 1580. The van der Waals surface area contributed by atoms with E-state index in [0.29, 0.717) is 0 Å². The molecule has 0 saturated heterocycles. The van der Waals surface area contributed by atoms with Gasteiger partial charge in [-0.2, -0.15) is 0 Å². The number of nitrogen functional groups attached to an aromatic ring is 1. The number of hydrogen-bond donors (Lipinski definition) is 1. The minimum Gasteiger partial charge on any atom is -0.457 e. The summed E-state index contributed by atoms with van der Waals surface area (Å²) >= 11 is 0. The van der Waals surface area contributed by atoms with Gasteiger partial charge in [-0.25, -0.2) is 0 Å². The fourth-order valence-electron chi connectivity index (χ4n) is 4.48. The molecule has 0 spiro atoms. The minimum atomic E-state index is 0.726. The van der Waals surface area contributed by atoms with Crippen LogP contribution >= 0.6 is 0 Å². The molecule has 6 rings (SSSR count). The fraction of sp³-hybridized carbons (Fsp3) is 0.